The largest absolute Gasteiger partial charge is 0.458 e. The summed E-state index contributed by atoms with van der Waals surface area (Å²) in [6.45, 7) is 4.22. The first-order chi connectivity index (χ1) is 15.2. The van der Waals surface area contributed by atoms with Crippen molar-refractivity contribution in [3.63, 3.8) is 0 Å². The van der Waals surface area contributed by atoms with Gasteiger partial charge in [0, 0.05) is 24.5 Å². The summed E-state index contributed by atoms with van der Waals surface area (Å²) in [7, 11) is 0. The molecule has 2 aliphatic rings. The van der Waals surface area contributed by atoms with Crippen LogP contribution in [0.1, 0.15) is 60.2 Å². The van der Waals surface area contributed by atoms with Gasteiger partial charge in [0.2, 0.25) is 0 Å². The van der Waals surface area contributed by atoms with Crippen molar-refractivity contribution >= 4 is 44.7 Å². The second-order valence-corrected chi connectivity index (χ2v) is 9.49. The minimum absolute atomic E-state index is 0.0451. The van der Waals surface area contributed by atoms with Gasteiger partial charge in [0.1, 0.15) is 28.0 Å². The summed E-state index contributed by atoms with van der Waals surface area (Å²) in [5, 5.41) is 4.32. The predicted molar refractivity (Wildman–Crippen MR) is 126 cm³/mol. The van der Waals surface area contributed by atoms with E-state index in [1.807, 2.05) is 6.92 Å². The second-order valence-electron chi connectivity index (χ2n) is 8.49. The van der Waals surface area contributed by atoms with Gasteiger partial charge in [-0.25, -0.2) is 14.8 Å². The fourth-order valence-electron chi connectivity index (χ4n) is 4.62. The van der Waals surface area contributed by atoms with Crippen LogP contribution in [0.25, 0.3) is 10.2 Å². The number of benzene rings is 1. The molecule has 162 valence electrons. The van der Waals surface area contributed by atoms with Crippen molar-refractivity contribution in [1.29, 1.82) is 0 Å². The summed E-state index contributed by atoms with van der Waals surface area (Å²) in [5.74, 6) is 0.498. The Labute approximate surface area is 186 Å². The van der Waals surface area contributed by atoms with Crippen LogP contribution in [-0.2, 0) is 4.74 Å². The van der Waals surface area contributed by atoms with Gasteiger partial charge in [0.25, 0.3) is 0 Å². The van der Waals surface area contributed by atoms with Crippen LogP contribution in [0.3, 0.4) is 0 Å². The van der Waals surface area contributed by atoms with Gasteiger partial charge in [-0.15, -0.1) is 11.3 Å². The third kappa shape index (κ3) is 4.24. The molecule has 0 spiro atoms. The molecular formula is C24H28N4O2S. The molecule has 3 heterocycles. The highest BCUT2D eigenvalue weighted by Crippen LogP contribution is 2.36. The van der Waals surface area contributed by atoms with Crippen molar-refractivity contribution in [1.82, 2.24) is 9.97 Å². The first-order valence-electron chi connectivity index (χ1n) is 11.3. The summed E-state index contributed by atoms with van der Waals surface area (Å²) in [6.07, 6.45) is 9.58. The maximum absolute atomic E-state index is 12.9. The van der Waals surface area contributed by atoms with Crippen LogP contribution in [0.4, 0.5) is 17.2 Å². The highest BCUT2D eigenvalue weighted by molar-refractivity contribution is 7.20. The molecule has 2 aromatic heterocycles. The number of hydrogen-bond acceptors (Lipinski definition) is 7. The standard InChI is InChI=1S/C24H28N4O2S/c1-16-20-22(27-17-9-11-18(12-10-17)28-13-5-6-14-28)25-15-26-23(20)31-21(16)24(29)30-19-7-3-2-4-8-19/h9-12,15,19H,2-8,13-14H2,1H3,(H,25,26,27). The van der Waals surface area contributed by atoms with Crippen LogP contribution < -0.4 is 10.2 Å². The number of carbonyl (C=O) groups is 1. The second kappa shape index (κ2) is 8.83. The van der Waals surface area contributed by atoms with Crippen LogP contribution in [0, 0.1) is 6.92 Å². The quantitative estimate of drug-likeness (QED) is 0.507. The number of thiophene rings is 1. The number of aromatic nitrogens is 2. The Morgan fingerprint density at radius 3 is 2.55 bits per heavy atom. The third-order valence-corrected chi connectivity index (χ3v) is 7.52. The minimum Gasteiger partial charge on any atom is -0.458 e. The zero-order valence-electron chi connectivity index (χ0n) is 17.9. The van der Waals surface area contributed by atoms with E-state index < -0.39 is 0 Å². The molecule has 1 aliphatic carbocycles. The molecule has 1 N–H and O–H groups in total. The first-order valence-corrected chi connectivity index (χ1v) is 12.1. The molecule has 6 nitrogen and oxygen atoms in total. The third-order valence-electron chi connectivity index (χ3n) is 6.34. The number of hydrogen-bond donors (Lipinski definition) is 1. The molecule has 1 saturated heterocycles. The lowest BCUT2D eigenvalue weighted by atomic mass is 9.98. The van der Waals surface area contributed by atoms with Crippen molar-refractivity contribution in [2.24, 2.45) is 0 Å². The Hall–Kier alpha value is -2.67. The van der Waals surface area contributed by atoms with Gasteiger partial charge in [-0.3, -0.25) is 0 Å². The van der Waals surface area contributed by atoms with Crippen LogP contribution in [0.2, 0.25) is 0 Å². The highest BCUT2D eigenvalue weighted by Gasteiger charge is 2.24. The molecule has 1 aromatic carbocycles. The van der Waals surface area contributed by atoms with Crippen LogP contribution in [0.5, 0.6) is 0 Å². The Kier molecular flexibility index (Phi) is 5.76. The number of aryl methyl sites for hydroxylation is 1. The van der Waals surface area contributed by atoms with Gasteiger partial charge in [-0.1, -0.05) is 6.42 Å². The normalized spacial score (nSPS) is 17.3. The molecule has 0 radical (unpaired) electrons. The average Bonchev–Trinajstić information content (AvgIpc) is 3.44. The maximum Gasteiger partial charge on any atom is 0.348 e. The smallest absolute Gasteiger partial charge is 0.348 e. The van der Waals surface area contributed by atoms with Gasteiger partial charge in [0.05, 0.1) is 5.39 Å². The lowest BCUT2D eigenvalue weighted by Crippen LogP contribution is -2.20. The van der Waals surface area contributed by atoms with E-state index >= 15 is 0 Å². The van der Waals surface area contributed by atoms with E-state index in [0.717, 1.165) is 66.1 Å². The molecule has 0 amide bonds. The molecule has 31 heavy (non-hydrogen) atoms. The van der Waals surface area contributed by atoms with Crippen molar-refractivity contribution in [2.45, 2.75) is 58.0 Å². The molecule has 3 aromatic rings. The summed E-state index contributed by atoms with van der Waals surface area (Å²) in [4.78, 5) is 25.6. The summed E-state index contributed by atoms with van der Waals surface area (Å²) in [5.41, 5.74) is 3.12. The van der Waals surface area contributed by atoms with Gasteiger partial charge in [-0.05, 0) is 75.3 Å². The Morgan fingerprint density at radius 1 is 1.06 bits per heavy atom. The van der Waals surface area contributed by atoms with Crippen molar-refractivity contribution < 1.29 is 9.53 Å². The zero-order chi connectivity index (χ0) is 21.2. The van der Waals surface area contributed by atoms with Crippen LogP contribution in [-0.4, -0.2) is 35.1 Å². The van der Waals surface area contributed by atoms with E-state index in [0.29, 0.717) is 4.88 Å². The van der Waals surface area contributed by atoms with E-state index in [4.69, 9.17) is 4.74 Å². The molecule has 1 aliphatic heterocycles. The molecule has 0 atom stereocenters. The van der Waals surface area contributed by atoms with E-state index in [2.05, 4.69) is 44.5 Å². The van der Waals surface area contributed by atoms with E-state index in [9.17, 15) is 4.79 Å². The van der Waals surface area contributed by atoms with Crippen LogP contribution in [0.15, 0.2) is 30.6 Å². The Bertz CT molecular complexity index is 1070. The predicted octanol–water partition coefficient (Wildman–Crippen LogP) is 5.83. The van der Waals surface area contributed by atoms with Crippen molar-refractivity contribution in [3.8, 4) is 0 Å². The monoisotopic (exact) mass is 436 g/mol. The SMILES string of the molecule is Cc1c(C(=O)OC2CCCCC2)sc2ncnc(Nc3ccc(N4CCCC4)cc3)c12. The molecule has 2 fully saturated rings. The molecular weight excluding hydrogens is 408 g/mol. The first kappa shape index (κ1) is 20.2. The number of ether oxygens (including phenoxy) is 1. The number of carbonyl (C=O) groups excluding carboxylic acids is 1. The van der Waals surface area contributed by atoms with Crippen molar-refractivity contribution in [2.75, 3.05) is 23.3 Å². The van der Waals surface area contributed by atoms with E-state index in [-0.39, 0.29) is 12.1 Å². The Balaban J connectivity index is 1.37. The number of fused-ring (bicyclic) bond motifs is 1. The highest BCUT2D eigenvalue weighted by atomic mass is 32.1. The van der Waals surface area contributed by atoms with Crippen molar-refractivity contribution in [3.05, 3.63) is 41.0 Å². The topological polar surface area (TPSA) is 67.3 Å². The molecule has 7 heteroatoms. The summed E-state index contributed by atoms with van der Waals surface area (Å²) in [6, 6.07) is 8.47. The van der Waals surface area contributed by atoms with E-state index in [1.165, 1.54) is 36.3 Å². The minimum atomic E-state index is -0.228. The lowest BCUT2D eigenvalue weighted by molar-refractivity contribution is 0.0216. The Morgan fingerprint density at radius 2 is 1.81 bits per heavy atom. The molecule has 1 saturated carbocycles. The number of rotatable bonds is 5. The number of nitrogens with zero attached hydrogens (tertiary/aromatic N) is 3. The average molecular weight is 437 g/mol. The fraction of sp³-hybridized carbons (Fsp3) is 0.458. The zero-order valence-corrected chi connectivity index (χ0v) is 18.7. The summed E-state index contributed by atoms with van der Waals surface area (Å²) >= 11 is 1.39. The maximum atomic E-state index is 12.9. The van der Waals surface area contributed by atoms with Gasteiger partial charge in [0.15, 0.2) is 0 Å². The van der Waals surface area contributed by atoms with Crippen LogP contribution >= 0.6 is 11.3 Å². The number of nitrogens with one attached hydrogen (secondary N) is 1. The van der Waals surface area contributed by atoms with Gasteiger partial charge in [-0.2, -0.15) is 0 Å². The number of esters is 1. The fourth-order valence-corrected chi connectivity index (χ4v) is 5.65. The molecule has 5 rings (SSSR count). The molecule has 0 unspecified atom stereocenters. The summed E-state index contributed by atoms with van der Waals surface area (Å²) < 4.78 is 5.81. The number of anilines is 3. The lowest BCUT2D eigenvalue weighted by Gasteiger charge is -2.21. The molecule has 0 bridgehead atoms. The van der Waals surface area contributed by atoms with Gasteiger partial charge >= 0.3 is 5.97 Å². The van der Waals surface area contributed by atoms with Gasteiger partial charge < -0.3 is 15.0 Å². The van der Waals surface area contributed by atoms with E-state index in [1.54, 1.807) is 6.33 Å².